The first-order chi connectivity index (χ1) is 14.8. The Bertz CT molecular complexity index is 1110. The highest BCUT2D eigenvalue weighted by atomic mass is 32.2. The van der Waals surface area contributed by atoms with Crippen LogP contribution in [0.25, 0.3) is 22.8 Å². The number of benzene rings is 1. The van der Waals surface area contributed by atoms with E-state index >= 15 is 0 Å². The summed E-state index contributed by atoms with van der Waals surface area (Å²) in [5, 5.41) is 13.5. The molecule has 0 saturated heterocycles. The summed E-state index contributed by atoms with van der Waals surface area (Å²) in [4.78, 5) is 8.54. The summed E-state index contributed by atoms with van der Waals surface area (Å²) < 4.78 is 12.9. The molecule has 0 aliphatic rings. The minimum Gasteiger partial charge on any atom is -0.494 e. The fourth-order valence-corrected chi connectivity index (χ4v) is 3.61. The molecule has 1 aromatic carbocycles. The molecule has 0 amide bonds. The fraction of sp³-hybridized carbons (Fsp3) is 0.190. The van der Waals surface area contributed by atoms with E-state index in [4.69, 9.17) is 9.26 Å². The molecule has 0 unspecified atom stereocenters. The van der Waals surface area contributed by atoms with E-state index in [2.05, 4.69) is 31.9 Å². The van der Waals surface area contributed by atoms with E-state index in [9.17, 15) is 0 Å². The average molecular weight is 420 g/mol. The first-order valence-electron chi connectivity index (χ1n) is 9.41. The van der Waals surface area contributed by atoms with Crippen LogP contribution in [0.3, 0.4) is 0 Å². The van der Waals surface area contributed by atoms with Crippen molar-refractivity contribution in [3.05, 3.63) is 67.3 Å². The summed E-state index contributed by atoms with van der Waals surface area (Å²) >= 11 is 1.48. The lowest BCUT2D eigenvalue weighted by atomic mass is 10.2. The Morgan fingerprint density at radius 1 is 1.10 bits per heavy atom. The van der Waals surface area contributed by atoms with Crippen LogP contribution in [0.4, 0.5) is 0 Å². The molecule has 8 nitrogen and oxygen atoms in total. The molecule has 0 fully saturated rings. The van der Waals surface area contributed by atoms with Crippen LogP contribution in [-0.2, 0) is 12.3 Å². The van der Waals surface area contributed by atoms with Crippen LogP contribution < -0.4 is 4.74 Å². The van der Waals surface area contributed by atoms with Gasteiger partial charge in [0.05, 0.1) is 12.4 Å². The maximum absolute atomic E-state index is 5.46. The summed E-state index contributed by atoms with van der Waals surface area (Å²) in [6.07, 6.45) is 5.28. The van der Waals surface area contributed by atoms with Crippen LogP contribution in [0.15, 0.2) is 71.1 Å². The van der Waals surface area contributed by atoms with Gasteiger partial charge in [0.25, 0.3) is 0 Å². The summed E-state index contributed by atoms with van der Waals surface area (Å²) in [6.45, 7) is 7.01. The zero-order valence-electron chi connectivity index (χ0n) is 16.4. The van der Waals surface area contributed by atoms with Crippen molar-refractivity contribution in [3.8, 4) is 28.5 Å². The number of nitrogens with zero attached hydrogens (tertiary/aromatic N) is 6. The molecule has 152 valence electrons. The van der Waals surface area contributed by atoms with Crippen molar-refractivity contribution in [2.75, 3.05) is 6.61 Å². The van der Waals surface area contributed by atoms with Gasteiger partial charge in [-0.3, -0.25) is 9.55 Å². The van der Waals surface area contributed by atoms with Gasteiger partial charge in [-0.05, 0) is 43.3 Å². The van der Waals surface area contributed by atoms with Crippen LogP contribution in [0, 0.1) is 0 Å². The highest BCUT2D eigenvalue weighted by molar-refractivity contribution is 7.98. The molecule has 0 N–H and O–H groups in total. The van der Waals surface area contributed by atoms with E-state index in [0.29, 0.717) is 30.6 Å². The molecule has 0 bridgehead atoms. The van der Waals surface area contributed by atoms with Gasteiger partial charge in [0, 0.05) is 30.1 Å². The van der Waals surface area contributed by atoms with E-state index in [-0.39, 0.29) is 0 Å². The lowest BCUT2D eigenvalue weighted by Gasteiger charge is -2.06. The lowest BCUT2D eigenvalue weighted by Crippen LogP contribution is -2.00. The van der Waals surface area contributed by atoms with Gasteiger partial charge in [0.1, 0.15) is 5.75 Å². The minimum atomic E-state index is 0.482. The monoisotopic (exact) mass is 420 g/mol. The van der Waals surface area contributed by atoms with Gasteiger partial charge in [-0.15, -0.1) is 16.8 Å². The molecule has 30 heavy (non-hydrogen) atoms. The normalized spacial score (nSPS) is 10.8. The quantitative estimate of drug-likeness (QED) is 0.293. The standard InChI is InChI=1S/C21H20N6O2S/c1-3-13-27-20(16-9-11-22-12-10-16)24-25-21(27)30-14-18-23-19(26-29-18)15-5-7-17(8-6-15)28-4-2/h3,5-12H,1,4,13-14H2,2H3. The smallest absolute Gasteiger partial charge is 0.237 e. The summed E-state index contributed by atoms with van der Waals surface area (Å²) in [7, 11) is 0. The molecule has 3 heterocycles. The zero-order valence-corrected chi connectivity index (χ0v) is 17.2. The van der Waals surface area contributed by atoms with E-state index < -0.39 is 0 Å². The second kappa shape index (κ2) is 9.36. The first kappa shape index (κ1) is 19.8. The van der Waals surface area contributed by atoms with Crippen LogP contribution in [0.2, 0.25) is 0 Å². The van der Waals surface area contributed by atoms with Crippen LogP contribution in [0.5, 0.6) is 5.75 Å². The molecular formula is C21H20N6O2S. The molecule has 4 aromatic rings. The van der Waals surface area contributed by atoms with Crippen molar-refractivity contribution < 1.29 is 9.26 Å². The van der Waals surface area contributed by atoms with Crippen molar-refractivity contribution in [2.24, 2.45) is 0 Å². The van der Waals surface area contributed by atoms with Gasteiger partial charge in [-0.1, -0.05) is 23.0 Å². The second-order valence-electron chi connectivity index (χ2n) is 6.20. The van der Waals surface area contributed by atoms with Gasteiger partial charge >= 0.3 is 0 Å². The molecule has 3 aromatic heterocycles. The minimum absolute atomic E-state index is 0.482. The highest BCUT2D eigenvalue weighted by Crippen LogP contribution is 2.27. The first-order valence-corrected chi connectivity index (χ1v) is 10.4. The lowest BCUT2D eigenvalue weighted by molar-refractivity contribution is 0.340. The number of aromatic nitrogens is 6. The van der Waals surface area contributed by atoms with Crippen LogP contribution in [0.1, 0.15) is 12.8 Å². The Morgan fingerprint density at radius 3 is 2.63 bits per heavy atom. The van der Waals surface area contributed by atoms with Crippen molar-refractivity contribution >= 4 is 11.8 Å². The third kappa shape index (κ3) is 4.41. The van der Waals surface area contributed by atoms with Gasteiger partial charge in [-0.2, -0.15) is 4.98 Å². The molecule has 9 heteroatoms. The zero-order chi connectivity index (χ0) is 20.8. The predicted octanol–water partition coefficient (Wildman–Crippen LogP) is 4.27. The summed E-state index contributed by atoms with van der Waals surface area (Å²) in [5.74, 6) is 3.11. The third-order valence-electron chi connectivity index (χ3n) is 4.18. The Hall–Kier alpha value is -3.46. The maximum atomic E-state index is 5.46. The highest BCUT2D eigenvalue weighted by Gasteiger charge is 2.16. The van der Waals surface area contributed by atoms with Crippen LogP contribution >= 0.6 is 11.8 Å². The van der Waals surface area contributed by atoms with E-state index in [0.717, 1.165) is 27.9 Å². The molecular weight excluding hydrogens is 400 g/mol. The van der Waals surface area contributed by atoms with Crippen molar-refractivity contribution in [3.63, 3.8) is 0 Å². The number of hydrogen-bond donors (Lipinski definition) is 0. The molecule has 4 rings (SSSR count). The van der Waals surface area contributed by atoms with Gasteiger partial charge in [0.15, 0.2) is 11.0 Å². The number of allylic oxidation sites excluding steroid dienone is 1. The Labute approximate surface area is 178 Å². The number of hydrogen-bond acceptors (Lipinski definition) is 8. The largest absolute Gasteiger partial charge is 0.494 e. The van der Waals surface area contributed by atoms with Gasteiger partial charge < -0.3 is 9.26 Å². The Morgan fingerprint density at radius 2 is 1.90 bits per heavy atom. The number of rotatable bonds is 9. The third-order valence-corrected chi connectivity index (χ3v) is 5.13. The van der Waals surface area contributed by atoms with Gasteiger partial charge in [-0.25, -0.2) is 0 Å². The maximum Gasteiger partial charge on any atom is 0.237 e. The average Bonchev–Trinajstić information content (AvgIpc) is 3.41. The van der Waals surface area contributed by atoms with Crippen molar-refractivity contribution in [2.45, 2.75) is 24.4 Å². The summed E-state index contributed by atoms with van der Waals surface area (Å²) in [5.41, 5.74) is 1.81. The molecule has 0 aliphatic carbocycles. The number of pyridine rings is 1. The number of thioether (sulfide) groups is 1. The Kier molecular flexibility index (Phi) is 6.19. The van der Waals surface area contributed by atoms with Gasteiger partial charge in [0.2, 0.25) is 11.7 Å². The van der Waals surface area contributed by atoms with Crippen molar-refractivity contribution in [1.29, 1.82) is 0 Å². The fourth-order valence-electron chi connectivity index (χ4n) is 2.83. The molecule has 0 atom stereocenters. The number of ether oxygens (including phenoxy) is 1. The van der Waals surface area contributed by atoms with E-state index in [1.165, 1.54) is 11.8 Å². The summed E-state index contributed by atoms with van der Waals surface area (Å²) in [6, 6.07) is 11.4. The predicted molar refractivity (Wildman–Crippen MR) is 114 cm³/mol. The Balaban J connectivity index is 1.48. The molecule has 0 spiro atoms. The van der Waals surface area contributed by atoms with E-state index in [1.807, 2.05) is 54.0 Å². The molecule has 0 aliphatic heterocycles. The van der Waals surface area contributed by atoms with Crippen molar-refractivity contribution in [1.82, 2.24) is 29.9 Å². The topological polar surface area (TPSA) is 91.8 Å². The van der Waals surface area contributed by atoms with Crippen LogP contribution in [-0.4, -0.2) is 36.5 Å². The SMILES string of the molecule is C=CCn1c(SCc2nc(-c3ccc(OCC)cc3)no2)nnc1-c1ccncc1. The molecule has 0 saturated carbocycles. The van der Waals surface area contributed by atoms with E-state index in [1.54, 1.807) is 12.4 Å². The second-order valence-corrected chi connectivity index (χ2v) is 7.14. The molecule has 0 radical (unpaired) electrons.